The molecule has 1 fully saturated rings. The number of allylic oxidation sites excluding steroid dienone is 1. The summed E-state index contributed by atoms with van der Waals surface area (Å²) in [5, 5.41) is 3.16. The van der Waals surface area contributed by atoms with E-state index in [0.717, 1.165) is 11.3 Å². The molecule has 0 spiro atoms. The summed E-state index contributed by atoms with van der Waals surface area (Å²) in [5.74, 6) is 1.44. The number of carbonyl (C=O) groups excluding carboxylic acids is 1. The second-order valence-corrected chi connectivity index (χ2v) is 12.8. The molecule has 0 atom stereocenters. The summed E-state index contributed by atoms with van der Waals surface area (Å²) < 4.78 is 37.1. The third kappa shape index (κ3) is 5.56. The molecule has 11 heteroatoms. The maximum Gasteiger partial charge on any atom is 0.254 e. The van der Waals surface area contributed by atoms with Crippen LogP contribution in [0.5, 0.6) is 5.75 Å². The predicted molar refractivity (Wildman–Crippen MR) is 154 cm³/mol. The number of hydrogen-bond donors (Lipinski definition) is 1. The molecular weight excluding hydrogens is 552 g/mol. The number of morpholine rings is 1. The molecule has 1 amide bonds. The third-order valence-corrected chi connectivity index (χ3v) is 9.55. The summed E-state index contributed by atoms with van der Waals surface area (Å²) in [7, 11) is -1.99. The Hall–Kier alpha value is -3.47. The van der Waals surface area contributed by atoms with Gasteiger partial charge in [0.25, 0.3) is 5.91 Å². The summed E-state index contributed by atoms with van der Waals surface area (Å²) in [6.45, 7) is 5.47. The van der Waals surface area contributed by atoms with Gasteiger partial charge < -0.3 is 19.7 Å². The Balaban J connectivity index is 1.47. The Morgan fingerprint density at radius 1 is 1.15 bits per heavy atom. The third-order valence-electron chi connectivity index (χ3n) is 6.99. The van der Waals surface area contributed by atoms with Gasteiger partial charge in [0.2, 0.25) is 0 Å². The summed E-state index contributed by atoms with van der Waals surface area (Å²) in [6, 6.07) is 12.1. The Kier molecular flexibility index (Phi) is 8.11. The molecule has 2 heterocycles. The number of nitrogens with zero attached hydrogens (tertiary/aromatic N) is 3. The van der Waals surface area contributed by atoms with Crippen molar-refractivity contribution in [3.63, 3.8) is 0 Å². The van der Waals surface area contributed by atoms with E-state index in [1.165, 1.54) is 0 Å². The van der Waals surface area contributed by atoms with Gasteiger partial charge in [-0.1, -0.05) is 35.9 Å². The molecule has 1 aliphatic carbocycles. The number of carbonyl (C=O) groups is 1. The largest absolute Gasteiger partial charge is 0.496 e. The summed E-state index contributed by atoms with van der Waals surface area (Å²) >= 11 is 6.52. The first-order valence-corrected chi connectivity index (χ1v) is 15.0. The molecule has 0 bridgehead atoms. The highest BCUT2D eigenvalue weighted by atomic mass is 35.5. The van der Waals surface area contributed by atoms with Gasteiger partial charge in [-0.15, -0.1) is 0 Å². The lowest BCUT2D eigenvalue weighted by atomic mass is 10.1. The average Bonchev–Trinajstić information content (AvgIpc) is 3.34. The predicted octanol–water partition coefficient (Wildman–Crippen LogP) is 4.61. The molecule has 1 aromatic heterocycles. The number of rotatable bonds is 8. The van der Waals surface area contributed by atoms with Crippen molar-refractivity contribution >= 4 is 43.9 Å². The van der Waals surface area contributed by atoms with Gasteiger partial charge in [0.15, 0.2) is 9.84 Å². The molecule has 9 nitrogen and oxygen atoms in total. The number of halogens is 1. The second kappa shape index (κ2) is 11.6. The Morgan fingerprint density at radius 3 is 2.62 bits per heavy atom. The number of methoxy groups -OCH3 is 1. The zero-order valence-corrected chi connectivity index (χ0v) is 24.2. The van der Waals surface area contributed by atoms with Gasteiger partial charge in [0, 0.05) is 42.1 Å². The topological polar surface area (TPSA) is 111 Å². The molecule has 3 aromatic rings. The number of benzene rings is 2. The number of ether oxygens (including phenoxy) is 2. The highest BCUT2D eigenvalue weighted by Gasteiger charge is 2.26. The quantitative estimate of drug-likeness (QED) is 0.410. The van der Waals surface area contributed by atoms with Crippen LogP contribution in [-0.2, 0) is 27.4 Å². The van der Waals surface area contributed by atoms with E-state index in [9.17, 15) is 13.2 Å². The Labute approximate surface area is 239 Å². The van der Waals surface area contributed by atoms with E-state index in [2.05, 4.69) is 5.32 Å². The van der Waals surface area contributed by atoms with Crippen LogP contribution < -0.4 is 10.1 Å². The highest BCUT2D eigenvalue weighted by molar-refractivity contribution is 7.92. The number of anilines is 2. The van der Waals surface area contributed by atoms with Crippen molar-refractivity contribution in [2.45, 2.75) is 36.8 Å². The monoisotopic (exact) mass is 582 g/mol. The summed E-state index contributed by atoms with van der Waals surface area (Å²) in [5.41, 5.74) is 3.17. The van der Waals surface area contributed by atoms with Crippen LogP contribution in [0.3, 0.4) is 0 Å². The van der Waals surface area contributed by atoms with Crippen molar-refractivity contribution in [2.24, 2.45) is 0 Å². The number of aromatic nitrogens is 2. The van der Waals surface area contributed by atoms with E-state index in [1.54, 1.807) is 62.3 Å². The maximum absolute atomic E-state index is 13.0. The zero-order chi connectivity index (χ0) is 28.4. The molecule has 5 rings (SSSR count). The second-order valence-electron chi connectivity index (χ2n) is 9.89. The van der Waals surface area contributed by atoms with Crippen LogP contribution in [0.25, 0.3) is 5.03 Å². The minimum absolute atomic E-state index is 0.0656. The van der Waals surface area contributed by atoms with Crippen molar-refractivity contribution in [3.05, 3.63) is 76.7 Å². The molecule has 1 aliphatic heterocycles. The smallest absolute Gasteiger partial charge is 0.254 e. The molecule has 0 radical (unpaired) electrons. The first kappa shape index (κ1) is 28.1. The van der Waals surface area contributed by atoms with Crippen molar-refractivity contribution < 1.29 is 22.7 Å². The lowest BCUT2D eigenvalue weighted by Crippen LogP contribution is -2.40. The van der Waals surface area contributed by atoms with Crippen LogP contribution in [-0.4, -0.2) is 67.9 Å². The molecule has 0 unspecified atom stereocenters. The molecule has 210 valence electrons. The number of sulfone groups is 1. The minimum atomic E-state index is -3.55. The standard InChI is InChI=1S/C29H31ClN4O5S/c1-18(2)40(36,37)25-7-5-4-6-22(25)32-28-27-21(30)10-11-23(27)31-26(33-28)17-19-8-9-20(16-24(19)38-3)29(35)34-12-14-39-15-13-34/h4-10,16,18H,11-15,17H2,1-3H3,(H,31,32,33). The number of para-hydroxylation sites is 1. The number of amides is 1. The fourth-order valence-electron chi connectivity index (χ4n) is 4.76. The molecule has 2 aliphatic rings. The lowest BCUT2D eigenvalue weighted by molar-refractivity contribution is 0.0302. The van der Waals surface area contributed by atoms with E-state index in [4.69, 9.17) is 31.0 Å². The first-order valence-electron chi connectivity index (χ1n) is 13.1. The van der Waals surface area contributed by atoms with E-state index < -0.39 is 15.1 Å². The molecule has 1 saturated heterocycles. The normalized spacial score (nSPS) is 15.1. The molecule has 2 aromatic carbocycles. The Bertz CT molecular complexity index is 1580. The van der Waals surface area contributed by atoms with Crippen molar-refractivity contribution in [2.75, 3.05) is 38.7 Å². The van der Waals surface area contributed by atoms with Crippen molar-refractivity contribution in [1.82, 2.24) is 14.9 Å². The first-order chi connectivity index (χ1) is 19.2. The minimum Gasteiger partial charge on any atom is -0.496 e. The van der Waals surface area contributed by atoms with Gasteiger partial charge in [-0.25, -0.2) is 18.4 Å². The van der Waals surface area contributed by atoms with Gasteiger partial charge in [0.05, 0.1) is 47.4 Å². The van der Waals surface area contributed by atoms with E-state index >= 15 is 0 Å². The van der Waals surface area contributed by atoms with Crippen molar-refractivity contribution in [3.8, 4) is 5.75 Å². The fourth-order valence-corrected chi connectivity index (χ4v) is 6.23. The fraction of sp³-hybridized carbons (Fsp3) is 0.345. The van der Waals surface area contributed by atoms with Crippen LogP contribution >= 0.6 is 11.6 Å². The maximum atomic E-state index is 13.0. The number of fused-ring (bicyclic) bond motifs is 1. The van der Waals surface area contributed by atoms with Crippen molar-refractivity contribution in [1.29, 1.82) is 0 Å². The number of nitrogens with one attached hydrogen (secondary N) is 1. The van der Waals surface area contributed by atoms with E-state index in [-0.39, 0.29) is 10.8 Å². The van der Waals surface area contributed by atoms with Gasteiger partial charge >= 0.3 is 0 Å². The number of hydrogen-bond acceptors (Lipinski definition) is 8. The molecular formula is C29H31ClN4O5S. The van der Waals surface area contributed by atoms with Crippen LogP contribution in [0.2, 0.25) is 0 Å². The van der Waals surface area contributed by atoms with Crippen LogP contribution in [0.1, 0.15) is 46.9 Å². The molecule has 1 N–H and O–H groups in total. The van der Waals surface area contributed by atoms with Gasteiger partial charge in [-0.05, 0) is 38.1 Å². The van der Waals surface area contributed by atoms with Gasteiger partial charge in [0.1, 0.15) is 17.4 Å². The van der Waals surface area contributed by atoms with Crippen LogP contribution in [0.15, 0.2) is 53.4 Å². The summed E-state index contributed by atoms with van der Waals surface area (Å²) in [6.07, 6.45) is 2.73. The average molecular weight is 583 g/mol. The van der Waals surface area contributed by atoms with Crippen LogP contribution in [0.4, 0.5) is 11.5 Å². The highest BCUT2D eigenvalue weighted by Crippen LogP contribution is 2.37. The lowest BCUT2D eigenvalue weighted by Gasteiger charge is -2.27. The zero-order valence-electron chi connectivity index (χ0n) is 22.6. The van der Waals surface area contributed by atoms with E-state index in [0.29, 0.717) is 78.4 Å². The summed E-state index contributed by atoms with van der Waals surface area (Å²) in [4.78, 5) is 24.5. The SMILES string of the molecule is COc1cc(C(=O)N2CCOCC2)ccc1Cc1nc2c(c(Nc3ccccc3S(=O)(=O)C(C)C)n1)C(Cl)=CC2. The van der Waals surface area contributed by atoms with E-state index in [1.807, 2.05) is 12.1 Å². The van der Waals surface area contributed by atoms with Crippen LogP contribution in [0, 0.1) is 0 Å². The Morgan fingerprint density at radius 2 is 1.90 bits per heavy atom. The molecule has 40 heavy (non-hydrogen) atoms. The van der Waals surface area contributed by atoms with Gasteiger partial charge in [-0.2, -0.15) is 0 Å². The van der Waals surface area contributed by atoms with Gasteiger partial charge in [-0.3, -0.25) is 4.79 Å². The molecule has 0 saturated carbocycles.